The molecule has 0 unspecified atom stereocenters. The second kappa shape index (κ2) is 6.86. The lowest BCUT2D eigenvalue weighted by Gasteiger charge is -2.11. The predicted molar refractivity (Wildman–Crippen MR) is 95.3 cm³/mol. The standard InChI is InChI=1S/C17H20N2O4S2/c1-10-7-12(3)15(8-11(10)2)25(21,22)19-16(20)14-9-18-17(24-14)13-5-4-6-23-13/h7-9,13H,4-6H2,1-3H3,(H,19,20)/t13-/m1/s1. The summed E-state index contributed by atoms with van der Waals surface area (Å²) in [5.41, 5.74) is 2.47. The molecule has 2 aromatic rings. The number of hydrogen-bond donors (Lipinski definition) is 1. The molecule has 6 nitrogen and oxygen atoms in total. The smallest absolute Gasteiger partial charge is 0.276 e. The summed E-state index contributed by atoms with van der Waals surface area (Å²) in [4.78, 5) is 16.9. The van der Waals surface area contributed by atoms with Crippen molar-refractivity contribution < 1.29 is 17.9 Å². The number of carbonyl (C=O) groups is 1. The molecule has 8 heteroatoms. The van der Waals surface area contributed by atoms with Gasteiger partial charge >= 0.3 is 0 Å². The number of benzene rings is 1. The van der Waals surface area contributed by atoms with Crippen molar-refractivity contribution in [3.8, 4) is 0 Å². The van der Waals surface area contributed by atoms with Crippen LogP contribution in [0.2, 0.25) is 0 Å². The first kappa shape index (κ1) is 18.0. The van der Waals surface area contributed by atoms with E-state index in [0.717, 1.165) is 24.0 Å². The number of sulfonamides is 1. The van der Waals surface area contributed by atoms with Crippen LogP contribution >= 0.6 is 11.3 Å². The van der Waals surface area contributed by atoms with Crippen LogP contribution in [-0.4, -0.2) is 25.9 Å². The zero-order chi connectivity index (χ0) is 18.2. The number of rotatable bonds is 4. The quantitative estimate of drug-likeness (QED) is 0.881. The van der Waals surface area contributed by atoms with Crippen molar-refractivity contribution in [2.45, 2.75) is 44.6 Å². The van der Waals surface area contributed by atoms with E-state index in [1.807, 2.05) is 13.8 Å². The lowest BCUT2D eigenvalue weighted by molar-refractivity contribution is 0.0985. The topological polar surface area (TPSA) is 85.4 Å². The Balaban J connectivity index is 1.81. The van der Waals surface area contributed by atoms with Gasteiger partial charge in [-0.15, -0.1) is 11.3 Å². The van der Waals surface area contributed by atoms with Crippen LogP contribution in [0.5, 0.6) is 0 Å². The van der Waals surface area contributed by atoms with Crippen molar-refractivity contribution in [3.05, 3.63) is 44.9 Å². The molecule has 0 aliphatic carbocycles. The van der Waals surface area contributed by atoms with Gasteiger partial charge in [0.15, 0.2) is 0 Å². The Kier molecular flexibility index (Phi) is 4.95. The van der Waals surface area contributed by atoms with Gasteiger partial charge in [-0.1, -0.05) is 6.07 Å². The minimum atomic E-state index is -3.94. The zero-order valence-corrected chi connectivity index (χ0v) is 16.0. The van der Waals surface area contributed by atoms with Crippen molar-refractivity contribution >= 4 is 27.3 Å². The second-order valence-electron chi connectivity index (χ2n) is 6.20. The van der Waals surface area contributed by atoms with E-state index < -0.39 is 15.9 Å². The number of thiazole rings is 1. The molecule has 1 aliphatic heterocycles. The maximum absolute atomic E-state index is 12.6. The zero-order valence-electron chi connectivity index (χ0n) is 14.3. The van der Waals surface area contributed by atoms with Gasteiger partial charge in [-0.05, 0) is 56.4 Å². The largest absolute Gasteiger partial charge is 0.371 e. The maximum Gasteiger partial charge on any atom is 0.276 e. The van der Waals surface area contributed by atoms with Gasteiger partial charge < -0.3 is 4.74 Å². The molecule has 0 spiro atoms. The molecule has 1 saturated heterocycles. The molecule has 0 saturated carbocycles. The number of nitrogens with one attached hydrogen (secondary N) is 1. The van der Waals surface area contributed by atoms with Gasteiger partial charge in [-0.2, -0.15) is 0 Å². The molecule has 1 aliphatic rings. The molecule has 25 heavy (non-hydrogen) atoms. The van der Waals surface area contributed by atoms with Gasteiger partial charge in [0.2, 0.25) is 0 Å². The fraction of sp³-hybridized carbons (Fsp3) is 0.412. The summed E-state index contributed by atoms with van der Waals surface area (Å²) in [6, 6.07) is 3.39. The highest BCUT2D eigenvalue weighted by Gasteiger charge is 2.25. The highest BCUT2D eigenvalue weighted by atomic mass is 32.2. The van der Waals surface area contributed by atoms with Crippen LogP contribution in [0.3, 0.4) is 0 Å². The van der Waals surface area contributed by atoms with Crippen LogP contribution in [0.1, 0.15) is 50.3 Å². The van der Waals surface area contributed by atoms with E-state index in [9.17, 15) is 13.2 Å². The fourth-order valence-corrected chi connectivity index (χ4v) is 5.01. The van der Waals surface area contributed by atoms with Gasteiger partial charge in [0.1, 0.15) is 16.0 Å². The molecule has 0 bridgehead atoms. The van der Waals surface area contributed by atoms with Gasteiger partial charge in [0.05, 0.1) is 11.1 Å². The van der Waals surface area contributed by atoms with Crippen molar-refractivity contribution in [1.29, 1.82) is 0 Å². The Morgan fingerprint density at radius 2 is 1.96 bits per heavy atom. The average molecular weight is 380 g/mol. The van der Waals surface area contributed by atoms with Crippen LogP contribution in [-0.2, 0) is 14.8 Å². The molecular weight excluding hydrogens is 360 g/mol. The van der Waals surface area contributed by atoms with Crippen molar-refractivity contribution in [2.24, 2.45) is 0 Å². The normalized spacial score (nSPS) is 17.6. The molecule has 2 heterocycles. The molecule has 1 atom stereocenters. The van der Waals surface area contributed by atoms with Crippen molar-refractivity contribution in [2.75, 3.05) is 6.61 Å². The Morgan fingerprint density at radius 1 is 1.24 bits per heavy atom. The maximum atomic E-state index is 12.6. The van der Waals surface area contributed by atoms with E-state index in [0.29, 0.717) is 17.2 Å². The molecule has 1 N–H and O–H groups in total. The van der Waals surface area contributed by atoms with E-state index in [-0.39, 0.29) is 15.9 Å². The Labute approximate surface area is 151 Å². The number of ether oxygens (including phenoxy) is 1. The lowest BCUT2D eigenvalue weighted by atomic mass is 10.1. The van der Waals surface area contributed by atoms with Crippen molar-refractivity contribution in [1.82, 2.24) is 9.71 Å². The van der Waals surface area contributed by atoms with E-state index >= 15 is 0 Å². The molecular formula is C17H20N2O4S2. The molecule has 1 fully saturated rings. The lowest BCUT2D eigenvalue weighted by Crippen LogP contribution is -2.30. The predicted octanol–water partition coefficient (Wildman–Crippen LogP) is 3.04. The average Bonchev–Trinajstić information content (AvgIpc) is 3.20. The van der Waals surface area contributed by atoms with Crippen LogP contribution in [0, 0.1) is 20.8 Å². The number of hydrogen-bond acceptors (Lipinski definition) is 6. The molecule has 1 amide bonds. The van der Waals surface area contributed by atoms with Crippen molar-refractivity contribution in [3.63, 3.8) is 0 Å². The fourth-order valence-electron chi connectivity index (χ4n) is 2.76. The van der Waals surface area contributed by atoms with E-state index in [4.69, 9.17) is 4.74 Å². The van der Waals surface area contributed by atoms with Crippen LogP contribution in [0.15, 0.2) is 23.2 Å². The SMILES string of the molecule is Cc1cc(C)c(S(=O)(=O)NC(=O)c2cnc([C@H]3CCCO3)s2)cc1C. The van der Waals surface area contributed by atoms with E-state index in [1.54, 1.807) is 19.1 Å². The Morgan fingerprint density at radius 3 is 2.64 bits per heavy atom. The van der Waals surface area contributed by atoms with Crippen LogP contribution < -0.4 is 4.72 Å². The highest BCUT2D eigenvalue weighted by Crippen LogP contribution is 2.31. The number of nitrogens with zero attached hydrogens (tertiary/aromatic N) is 1. The van der Waals surface area contributed by atoms with Gasteiger partial charge in [0.25, 0.3) is 15.9 Å². The molecule has 3 rings (SSSR count). The third-order valence-electron chi connectivity index (χ3n) is 4.26. The summed E-state index contributed by atoms with van der Waals surface area (Å²) in [7, 11) is -3.94. The Hall–Kier alpha value is -1.77. The number of aryl methyl sites for hydroxylation is 3. The molecule has 1 aromatic carbocycles. The van der Waals surface area contributed by atoms with Crippen LogP contribution in [0.25, 0.3) is 0 Å². The summed E-state index contributed by atoms with van der Waals surface area (Å²) in [5, 5.41) is 0.711. The summed E-state index contributed by atoms with van der Waals surface area (Å²) >= 11 is 1.17. The van der Waals surface area contributed by atoms with Gasteiger partial charge in [-0.25, -0.2) is 18.1 Å². The minimum Gasteiger partial charge on any atom is -0.371 e. The third kappa shape index (κ3) is 3.75. The summed E-state index contributed by atoms with van der Waals surface area (Å²) in [6.45, 7) is 6.16. The molecule has 134 valence electrons. The summed E-state index contributed by atoms with van der Waals surface area (Å²) in [5.74, 6) is -0.667. The minimum absolute atomic E-state index is 0.0925. The first-order valence-electron chi connectivity index (χ1n) is 8.00. The Bertz CT molecular complexity index is 913. The number of aromatic nitrogens is 1. The van der Waals surface area contributed by atoms with E-state index in [1.165, 1.54) is 17.5 Å². The number of amides is 1. The first-order chi connectivity index (χ1) is 11.8. The summed E-state index contributed by atoms with van der Waals surface area (Å²) < 4.78 is 32.9. The summed E-state index contributed by atoms with van der Waals surface area (Å²) in [6.07, 6.45) is 3.14. The monoisotopic (exact) mass is 380 g/mol. The first-order valence-corrected chi connectivity index (χ1v) is 10.3. The van der Waals surface area contributed by atoms with E-state index in [2.05, 4.69) is 9.71 Å². The number of carbonyl (C=O) groups excluding carboxylic acids is 1. The molecule has 1 aromatic heterocycles. The van der Waals surface area contributed by atoms with Crippen LogP contribution in [0.4, 0.5) is 0 Å². The molecule has 0 radical (unpaired) electrons. The van der Waals surface area contributed by atoms with Gasteiger partial charge in [0, 0.05) is 6.61 Å². The third-order valence-corrected chi connectivity index (χ3v) is 6.82. The second-order valence-corrected chi connectivity index (χ2v) is 8.91. The highest BCUT2D eigenvalue weighted by molar-refractivity contribution is 7.90. The van der Waals surface area contributed by atoms with Gasteiger partial charge in [-0.3, -0.25) is 4.79 Å².